The summed E-state index contributed by atoms with van der Waals surface area (Å²) in [5.74, 6) is 0.643. The molecule has 2 aliphatic heterocycles. The standard InChI is InChI=1S/C25H22N2O4/c28-24-14-18(16-27(24)19-10-11-22-23(15-19)31-13-12-30-22)25(29)26-21-9-5-4-8-20(21)17-6-2-1-3-7-17/h1-11,15,18H,12-14,16H2,(H,26,29). The molecule has 6 nitrogen and oxygen atoms in total. The zero-order chi connectivity index (χ0) is 21.2. The van der Waals surface area contributed by atoms with Crippen LogP contribution in [-0.2, 0) is 9.59 Å². The molecule has 156 valence electrons. The number of benzene rings is 3. The maximum absolute atomic E-state index is 13.0. The van der Waals surface area contributed by atoms with Crippen LogP contribution in [0.4, 0.5) is 11.4 Å². The van der Waals surface area contributed by atoms with Gasteiger partial charge in [-0.2, -0.15) is 0 Å². The van der Waals surface area contributed by atoms with E-state index in [1.807, 2.05) is 60.7 Å². The van der Waals surface area contributed by atoms with E-state index in [0.717, 1.165) is 16.8 Å². The summed E-state index contributed by atoms with van der Waals surface area (Å²) in [4.78, 5) is 27.3. The second-order valence-electron chi connectivity index (χ2n) is 7.63. The van der Waals surface area contributed by atoms with E-state index < -0.39 is 5.92 Å². The first-order valence-corrected chi connectivity index (χ1v) is 10.3. The number of fused-ring (bicyclic) bond motifs is 1. The fourth-order valence-corrected chi connectivity index (χ4v) is 4.03. The Hall–Kier alpha value is -3.80. The topological polar surface area (TPSA) is 67.9 Å². The molecule has 6 heteroatoms. The minimum Gasteiger partial charge on any atom is -0.486 e. The minimum absolute atomic E-state index is 0.0758. The van der Waals surface area contributed by atoms with E-state index in [-0.39, 0.29) is 18.2 Å². The Labute approximate surface area is 180 Å². The zero-order valence-corrected chi connectivity index (χ0v) is 16.9. The lowest BCUT2D eigenvalue weighted by Gasteiger charge is -2.22. The molecule has 0 aromatic heterocycles. The van der Waals surface area contributed by atoms with Crippen LogP contribution in [0.15, 0.2) is 72.8 Å². The molecule has 0 aliphatic carbocycles. The van der Waals surface area contributed by atoms with Gasteiger partial charge >= 0.3 is 0 Å². The molecule has 1 N–H and O–H groups in total. The number of nitrogens with zero attached hydrogens (tertiary/aromatic N) is 1. The Morgan fingerprint density at radius 2 is 1.65 bits per heavy atom. The zero-order valence-electron chi connectivity index (χ0n) is 16.9. The van der Waals surface area contributed by atoms with E-state index >= 15 is 0 Å². The number of carbonyl (C=O) groups excluding carboxylic acids is 2. The molecule has 3 aromatic rings. The SMILES string of the molecule is O=C(Nc1ccccc1-c1ccccc1)C1CC(=O)N(c2ccc3c(c2)OCCO3)C1. The average molecular weight is 414 g/mol. The normalized spacial score (nSPS) is 17.5. The van der Waals surface area contributed by atoms with Gasteiger partial charge in [0.25, 0.3) is 0 Å². The van der Waals surface area contributed by atoms with Crippen molar-refractivity contribution < 1.29 is 19.1 Å². The lowest BCUT2D eigenvalue weighted by molar-refractivity contribution is -0.122. The molecule has 3 aromatic carbocycles. The van der Waals surface area contributed by atoms with E-state index in [2.05, 4.69) is 5.32 Å². The number of hydrogen-bond donors (Lipinski definition) is 1. The van der Waals surface area contributed by atoms with E-state index in [1.165, 1.54) is 0 Å². The number of ether oxygens (including phenoxy) is 2. The highest BCUT2D eigenvalue weighted by atomic mass is 16.6. The summed E-state index contributed by atoms with van der Waals surface area (Å²) in [7, 11) is 0. The molecule has 0 saturated carbocycles. The van der Waals surface area contributed by atoms with Crippen molar-refractivity contribution in [2.24, 2.45) is 5.92 Å². The van der Waals surface area contributed by atoms with Crippen molar-refractivity contribution in [3.63, 3.8) is 0 Å². The lowest BCUT2D eigenvalue weighted by atomic mass is 10.0. The Bertz CT molecular complexity index is 1130. The number of rotatable bonds is 4. The van der Waals surface area contributed by atoms with E-state index in [0.29, 0.717) is 36.9 Å². The van der Waals surface area contributed by atoms with Gasteiger partial charge in [-0.15, -0.1) is 0 Å². The van der Waals surface area contributed by atoms with Crippen molar-refractivity contribution in [3.8, 4) is 22.6 Å². The van der Waals surface area contributed by atoms with Crippen molar-refractivity contribution in [1.82, 2.24) is 0 Å². The number of nitrogens with one attached hydrogen (secondary N) is 1. The fourth-order valence-electron chi connectivity index (χ4n) is 4.03. The van der Waals surface area contributed by atoms with Gasteiger partial charge in [-0.25, -0.2) is 0 Å². The molecule has 2 aliphatic rings. The molecule has 2 heterocycles. The first-order chi connectivity index (χ1) is 15.2. The number of carbonyl (C=O) groups is 2. The summed E-state index contributed by atoms with van der Waals surface area (Å²) in [5.41, 5.74) is 3.43. The predicted octanol–water partition coefficient (Wildman–Crippen LogP) is 4.12. The van der Waals surface area contributed by atoms with E-state index in [9.17, 15) is 9.59 Å². The smallest absolute Gasteiger partial charge is 0.229 e. The van der Waals surface area contributed by atoms with Crippen LogP contribution in [0.1, 0.15) is 6.42 Å². The van der Waals surface area contributed by atoms with Gasteiger partial charge in [-0.05, 0) is 23.8 Å². The molecule has 1 saturated heterocycles. The van der Waals surface area contributed by atoms with Crippen LogP contribution in [0, 0.1) is 5.92 Å². The third kappa shape index (κ3) is 3.84. The molecular weight excluding hydrogens is 392 g/mol. The quantitative estimate of drug-likeness (QED) is 0.698. The monoisotopic (exact) mass is 414 g/mol. The van der Waals surface area contributed by atoms with Gasteiger partial charge in [0.05, 0.1) is 5.92 Å². The number of anilines is 2. The van der Waals surface area contributed by atoms with Gasteiger partial charge < -0.3 is 19.7 Å². The molecule has 2 amide bonds. The Morgan fingerprint density at radius 3 is 2.48 bits per heavy atom. The van der Waals surface area contributed by atoms with Gasteiger partial charge in [-0.1, -0.05) is 48.5 Å². The maximum atomic E-state index is 13.0. The van der Waals surface area contributed by atoms with E-state index in [1.54, 1.807) is 17.0 Å². The van der Waals surface area contributed by atoms with Gasteiger partial charge in [0.15, 0.2) is 11.5 Å². The minimum atomic E-state index is -0.426. The molecule has 1 atom stereocenters. The van der Waals surface area contributed by atoms with Gasteiger partial charge in [-0.3, -0.25) is 9.59 Å². The number of hydrogen-bond acceptors (Lipinski definition) is 4. The van der Waals surface area contributed by atoms with Crippen molar-refractivity contribution in [2.45, 2.75) is 6.42 Å². The number of para-hydroxylation sites is 1. The van der Waals surface area contributed by atoms with Crippen molar-refractivity contribution in [1.29, 1.82) is 0 Å². The lowest BCUT2D eigenvalue weighted by Crippen LogP contribution is -2.28. The summed E-state index contributed by atoms with van der Waals surface area (Å²) in [6, 6.07) is 23.0. The van der Waals surface area contributed by atoms with Crippen LogP contribution >= 0.6 is 0 Å². The molecule has 0 spiro atoms. The molecule has 1 fully saturated rings. The Balaban J connectivity index is 1.33. The summed E-state index contributed by atoms with van der Waals surface area (Å²) in [6.45, 7) is 1.33. The van der Waals surface area contributed by atoms with Gasteiger partial charge in [0.1, 0.15) is 13.2 Å². The second-order valence-corrected chi connectivity index (χ2v) is 7.63. The third-order valence-electron chi connectivity index (χ3n) is 5.60. The largest absolute Gasteiger partial charge is 0.486 e. The second kappa shape index (κ2) is 8.14. The van der Waals surface area contributed by atoms with Crippen LogP contribution in [0.2, 0.25) is 0 Å². The highest BCUT2D eigenvalue weighted by Gasteiger charge is 2.35. The first-order valence-electron chi connectivity index (χ1n) is 10.3. The van der Waals surface area contributed by atoms with Crippen LogP contribution in [0.3, 0.4) is 0 Å². The molecule has 0 radical (unpaired) electrons. The van der Waals surface area contributed by atoms with Gasteiger partial charge in [0, 0.05) is 36.0 Å². The Morgan fingerprint density at radius 1 is 0.903 bits per heavy atom. The van der Waals surface area contributed by atoms with Crippen molar-refractivity contribution in [3.05, 3.63) is 72.8 Å². The van der Waals surface area contributed by atoms with Gasteiger partial charge in [0.2, 0.25) is 11.8 Å². The van der Waals surface area contributed by atoms with Crippen LogP contribution in [0.25, 0.3) is 11.1 Å². The molecule has 0 bridgehead atoms. The summed E-state index contributed by atoms with van der Waals surface area (Å²) in [5, 5.41) is 3.03. The van der Waals surface area contributed by atoms with Crippen LogP contribution < -0.4 is 19.7 Å². The number of amides is 2. The third-order valence-corrected chi connectivity index (χ3v) is 5.60. The molecule has 1 unspecified atom stereocenters. The highest BCUT2D eigenvalue weighted by molar-refractivity contribution is 6.04. The molecule has 31 heavy (non-hydrogen) atoms. The van der Waals surface area contributed by atoms with Crippen LogP contribution in [0.5, 0.6) is 11.5 Å². The van der Waals surface area contributed by atoms with Crippen molar-refractivity contribution in [2.75, 3.05) is 30.0 Å². The Kier molecular flexibility index (Phi) is 5.04. The predicted molar refractivity (Wildman–Crippen MR) is 118 cm³/mol. The highest BCUT2D eigenvalue weighted by Crippen LogP contribution is 2.36. The summed E-state index contributed by atoms with van der Waals surface area (Å²) in [6.07, 6.45) is 0.174. The molecule has 5 rings (SSSR count). The summed E-state index contributed by atoms with van der Waals surface area (Å²) >= 11 is 0. The maximum Gasteiger partial charge on any atom is 0.229 e. The average Bonchev–Trinajstić information content (AvgIpc) is 3.21. The van der Waals surface area contributed by atoms with Crippen molar-refractivity contribution >= 4 is 23.2 Å². The fraction of sp³-hybridized carbons (Fsp3) is 0.200. The molecular formula is C25H22N2O4. The van der Waals surface area contributed by atoms with E-state index in [4.69, 9.17) is 9.47 Å². The van der Waals surface area contributed by atoms with Crippen LogP contribution in [-0.4, -0.2) is 31.6 Å². The first kappa shape index (κ1) is 19.2. The summed E-state index contributed by atoms with van der Waals surface area (Å²) < 4.78 is 11.2.